The largest absolute Gasteiger partial charge is 0.416 e. The van der Waals surface area contributed by atoms with Crippen LogP contribution < -0.4 is 4.90 Å². The number of anilines is 1. The van der Waals surface area contributed by atoms with Crippen LogP contribution >= 0.6 is 0 Å². The van der Waals surface area contributed by atoms with E-state index in [1.807, 2.05) is 0 Å². The molecule has 7 nitrogen and oxygen atoms in total. The SMILES string of the molecule is O=C1CCCN1CN(C(=O)c1ccccc1[N+](=O)[O-])c1cccc(C(F)(F)F)c1. The van der Waals surface area contributed by atoms with E-state index in [4.69, 9.17) is 0 Å². The molecule has 10 heteroatoms. The summed E-state index contributed by atoms with van der Waals surface area (Å²) in [5, 5.41) is 11.3. The smallest absolute Gasteiger partial charge is 0.324 e. The Balaban J connectivity index is 2.05. The molecular formula is C19H16F3N3O4. The average Bonchev–Trinajstić information content (AvgIpc) is 3.09. The van der Waals surface area contributed by atoms with Crippen molar-refractivity contribution in [3.63, 3.8) is 0 Å². The summed E-state index contributed by atoms with van der Waals surface area (Å²) in [6, 6.07) is 9.25. The monoisotopic (exact) mass is 407 g/mol. The molecule has 152 valence electrons. The molecule has 1 heterocycles. The van der Waals surface area contributed by atoms with Gasteiger partial charge in [-0.25, -0.2) is 0 Å². The number of amides is 2. The van der Waals surface area contributed by atoms with E-state index >= 15 is 0 Å². The molecule has 2 aromatic carbocycles. The number of halogens is 3. The lowest BCUT2D eigenvalue weighted by Crippen LogP contribution is -2.42. The maximum atomic E-state index is 13.1. The first-order valence-electron chi connectivity index (χ1n) is 8.69. The fraction of sp³-hybridized carbons (Fsp3) is 0.263. The number of alkyl halides is 3. The van der Waals surface area contributed by atoms with Crippen LogP contribution in [0, 0.1) is 10.1 Å². The van der Waals surface area contributed by atoms with E-state index in [9.17, 15) is 32.9 Å². The van der Waals surface area contributed by atoms with Gasteiger partial charge in [0.25, 0.3) is 11.6 Å². The molecule has 1 aliphatic heterocycles. The summed E-state index contributed by atoms with van der Waals surface area (Å²) >= 11 is 0. The van der Waals surface area contributed by atoms with Crippen molar-refractivity contribution in [1.82, 2.24) is 4.90 Å². The molecule has 0 atom stereocenters. The highest BCUT2D eigenvalue weighted by atomic mass is 19.4. The van der Waals surface area contributed by atoms with Gasteiger partial charge >= 0.3 is 6.18 Å². The molecular weight excluding hydrogens is 391 g/mol. The summed E-state index contributed by atoms with van der Waals surface area (Å²) in [4.78, 5) is 38.0. The summed E-state index contributed by atoms with van der Waals surface area (Å²) < 4.78 is 39.4. The summed E-state index contributed by atoms with van der Waals surface area (Å²) in [7, 11) is 0. The number of para-hydroxylation sites is 1. The van der Waals surface area contributed by atoms with Crippen molar-refractivity contribution < 1.29 is 27.7 Å². The predicted molar refractivity (Wildman–Crippen MR) is 97.2 cm³/mol. The van der Waals surface area contributed by atoms with Crippen LogP contribution in [-0.4, -0.2) is 34.9 Å². The van der Waals surface area contributed by atoms with E-state index in [0.717, 1.165) is 29.2 Å². The molecule has 0 spiro atoms. The van der Waals surface area contributed by atoms with Gasteiger partial charge in [-0.1, -0.05) is 18.2 Å². The minimum atomic E-state index is -4.63. The molecule has 0 bridgehead atoms. The van der Waals surface area contributed by atoms with Crippen molar-refractivity contribution in [2.24, 2.45) is 0 Å². The fourth-order valence-corrected chi connectivity index (χ4v) is 3.10. The number of carbonyl (C=O) groups is 2. The zero-order chi connectivity index (χ0) is 21.2. The van der Waals surface area contributed by atoms with Crippen LogP contribution in [0.3, 0.4) is 0 Å². The van der Waals surface area contributed by atoms with Crippen molar-refractivity contribution in [2.75, 3.05) is 18.1 Å². The summed E-state index contributed by atoms with van der Waals surface area (Å²) in [5.74, 6) is -1.10. The molecule has 1 aliphatic rings. The van der Waals surface area contributed by atoms with Crippen LogP contribution in [0.25, 0.3) is 0 Å². The number of benzene rings is 2. The second-order valence-electron chi connectivity index (χ2n) is 6.46. The molecule has 0 N–H and O–H groups in total. The Morgan fingerprint density at radius 2 is 1.90 bits per heavy atom. The summed E-state index contributed by atoms with van der Waals surface area (Å²) in [5.41, 5.74) is -1.82. The lowest BCUT2D eigenvalue weighted by molar-refractivity contribution is -0.385. The fourth-order valence-electron chi connectivity index (χ4n) is 3.10. The van der Waals surface area contributed by atoms with E-state index in [1.54, 1.807) is 0 Å². The lowest BCUT2D eigenvalue weighted by atomic mass is 10.1. The topological polar surface area (TPSA) is 83.8 Å². The molecule has 2 aromatic rings. The van der Waals surface area contributed by atoms with Gasteiger partial charge in [0.05, 0.1) is 10.5 Å². The molecule has 3 rings (SSSR count). The first kappa shape index (κ1) is 20.3. The van der Waals surface area contributed by atoms with E-state index in [2.05, 4.69) is 0 Å². The molecule has 0 aliphatic carbocycles. The molecule has 29 heavy (non-hydrogen) atoms. The van der Waals surface area contributed by atoms with Gasteiger partial charge in [-0.3, -0.25) is 24.6 Å². The zero-order valence-corrected chi connectivity index (χ0v) is 15.1. The quantitative estimate of drug-likeness (QED) is 0.557. The minimum Gasteiger partial charge on any atom is -0.324 e. The van der Waals surface area contributed by atoms with Gasteiger partial charge < -0.3 is 4.90 Å². The first-order valence-corrected chi connectivity index (χ1v) is 8.69. The maximum Gasteiger partial charge on any atom is 0.416 e. The Morgan fingerprint density at radius 3 is 2.52 bits per heavy atom. The van der Waals surface area contributed by atoms with Gasteiger partial charge in [0.2, 0.25) is 5.91 Å². The van der Waals surface area contributed by atoms with Crippen LogP contribution in [-0.2, 0) is 11.0 Å². The predicted octanol–water partition coefficient (Wildman–Crippen LogP) is 3.84. The Labute approximate surface area is 163 Å². The second kappa shape index (κ2) is 7.90. The van der Waals surface area contributed by atoms with Crippen LogP contribution in [0.2, 0.25) is 0 Å². The third-order valence-electron chi connectivity index (χ3n) is 4.54. The molecule has 0 unspecified atom stereocenters. The Morgan fingerprint density at radius 1 is 1.17 bits per heavy atom. The number of likely N-dealkylation sites (tertiary alicyclic amines) is 1. The molecule has 0 saturated carbocycles. The molecule has 0 aromatic heterocycles. The summed E-state index contributed by atoms with van der Waals surface area (Å²) in [6.45, 7) is 0.0451. The number of carbonyl (C=O) groups excluding carboxylic acids is 2. The number of hydrogen-bond acceptors (Lipinski definition) is 4. The number of rotatable bonds is 5. The summed E-state index contributed by atoms with van der Waals surface area (Å²) in [6.07, 6.45) is -3.79. The van der Waals surface area contributed by atoms with Gasteiger partial charge in [0.15, 0.2) is 0 Å². The van der Waals surface area contributed by atoms with Crippen LogP contribution in [0.4, 0.5) is 24.5 Å². The molecule has 1 saturated heterocycles. The van der Waals surface area contributed by atoms with E-state index in [-0.39, 0.29) is 30.2 Å². The zero-order valence-electron chi connectivity index (χ0n) is 15.1. The van der Waals surface area contributed by atoms with Crippen molar-refractivity contribution in [3.05, 3.63) is 69.8 Å². The normalized spacial score (nSPS) is 14.2. The van der Waals surface area contributed by atoms with Crippen molar-refractivity contribution in [1.29, 1.82) is 0 Å². The number of nitro benzene ring substituents is 1. The van der Waals surface area contributed by atoms with Gasteiger partial charge in [0, 0.05) is 24.7 Å². The van der Waals surface area contributed by atoms with Crippen LogP contribution in [0.1, 0.15) is 28.8 Å². The molecule has 2 amide bonds. The molecule has 1 fully saturated rings. The van der Waals surface area contributed by atoms with Gasteiger partial charge in [-0.05, 0) is 30.7 Å². The third-order valence-corrected chi connectivity index (χ3v) is 4.54. The minimum absolute atomic E-state index is 0.109. The third kappa shape index (κ3) is 4.36. The van der Waals surface area contributed by atoms with Crippen molar-refractivity contribution >= 4 is 23.2 Å². The maximum absolute atomic E-state index is 13.1. The Kier molecular flexibility index (Phi) is 5.53. The van der Waals surface area contributed by atoms with E-state index < -0.39 is 28.3 Å². The second-order valence-corrected chi connectivity index (χ2v) is 6.46. The number of nitrogens with zero attached hydrogens (tertiary/aromatic N) is 3. The van der Waals surface area contributed by atoms with E-state index in [0.29, 0.717) is 13.0 Å². The number of hydrogen-bond donors (Lipinski definition) is 0. The van der Waals surface area contributed by atoms with E-state index in [1.165, 1.54) is 29.2 Å². The van der Waals surface area contributed by atoms with Crippen molar-refractivity contribution in [3.8, 4) is 0 Å². The van der Waals surface area contributed by atoms with Crippen molar-refractivity contribution in [2.45, 2.75) is 19.0 Å². The standard InChI is InChI=1S/C19H16F3N3O4/c20-19(21,22)13-5-3-6-14(11-13)24(12-23-10-4-9-17(23)26)18(27)15-7-1-2-8-16(15)25(28)29/h1-3,5-8,11H,4,9-10,12H2. The molecule has 0 radical (unpaired) electrons. The highest BCUT2D eigenvalue weighted by Crippen LogP contribution is 2.33. The van der Waals surface area contributed by atoms with Gasteiger partial charge in [0.1, 0.15) is 12.2 Å². The Hall–Kier alpha value is -3.43. The highest BCUT2D eigenvalue weighted by Gasteiger charge is 2.33. The Bertz CT molecular complexity index is 962. The van der Waals surface area contributed by atoms with Gasteiger partial charge in [-0.15, -0.1) is 0 Å². The van der Waals surface area contributed by atoms with Crippen LogP contribution in [0.15, 0.2) is 48.5 Å². The lowest BCUT2D eigenvalue weighted by Gasteiger charge is -2.28. The first-order chi connectivity index (χ1) is 13.7. The highest BCUT2D eigenvalue weighted by molar-refractivity contribution is 6.08. The number of nitro groups is 1. The van der Waals surface area contributed by atoms with Crippen LogP contribution in [0.5, 0.6) is 0 Å². The van der Waals surface area contributed by atoms with Gasteiger partial charge in [-0.2, -0.15) is 13.2 Å². The average molecular weight is 407 g/mol.